The zero-order chi connectivity index (χ0) is 34.0. The molecular formula is C34H59NO10. The van der Waals surface area contributed by atoms with E-state index in [9.17, 15) is 29.7 Å². The molecule has 13 atom stereocenters. The number of Topliss-reactive ketones (excluding diaryl/α,β-unsaturated/α-hetero) is 2. The van der Waals surface area contributed by atoms with Crippen molar-refractivity contribution in [2.45, 2.75) is 147 Å². The molecule has 0 aromatic rings. The highest BCUT2D eigenvalue weighted by Gasteiger charge is 2.53. The van der Waals surface area contributed by atoms with E-state index in [4.69, 9.17) is 18.9 Å². The van der Waals surface area contributed by atoms with E-state index in [2.05, 4.69) is 0 Å². The molecule has 0 radical (unpaired) electrons. The van der Waals surface area contributed by atoms with Crippen LogP contribution < -0.4 is 0 Å². The van der Waals surface area contributed by atoms with Gasteiger partial charge in [-0.1, -0.05) is 40.0 Å². The molecular weight excluding hydrogens is 582 g/mol. The number of ether oxygens (including phenoxy) is 4. The fourth-order valence-corrected chi connectivity index (χ4v) is 7.91. The van der Waals surface area contributed by atoms with Crippen molar-refractivity contribution in [3.8, 4) is 0 Å². The van der Waals surface area contributed by atoms with Crippen LogP contribution in [0.5, 0.6) is 0 Å². The molecule has 11 heteroatoms. The summed E-state index contributed by atoms with van der Waals surface area (Å²) in [6.07, 6.45) is -1.20. The molecule has 0 bridgehead atoms. The highest BCUT2D eigenvalue weighted by atomic mass is 16.7. The monoisotopic (exact) mass is 641 g/mol. The van der Waals surface area contributed by atoms with E-state index in [0.717, 1.165) is 19.3 Å². The van der Waals surface area contributed by atoms with E-state index in [1.165, 1.54) is 21.0 Å². The summed E-state index contributed by atoms with van der Waals surface area (Å²) in [4.78, 5) is 43.5. The second-order valence-corrected chi connectivity index (χ2v) is 14.8. The molecule has 1 aliphatic carbocycles. The van der Waals surface area contributed by atoms with Crippen molar-refractivity contribution in [2.75, 3.05) is 21.2 Å². The molecule has 2 aliphatic heterocycles. The number of ketones is 2. The van der Waals surface area contributed by atoms with Crippen LogP contribution in [-0.2, 0) is 33.3 Å². The van der Waals surface area contributed by atoms with Gasteiger partial charge in [-0.3, -0.25) is 14.4 Å². The zero-order valence-corrected chi connectivity index (χ0v) is 29.0. The number of nitrogens with zero attached hydrogens (tertiary/aromatic N) is 1. The minimum Gasteiger partial charge on any atom is -0.458 e. The van der Waals surface area contributed by atoms with Gasteiger partial charge in [0, 0.05) is 30.9 Å². The lowest BCUT2D eigenvalue weighted by molar-refractivity contribution is -0.295. The molecule has 2 saturated heterocycles. The standard InChI is InChI=1S/C34H59NO10/c1-18-17-33(6,42-10)29(45-32-27(38)24(35(8)9)16-19(2)43-32)21(4)26(37)22(5)31(40)44-30(23-14-12-11-13-15-23)34(7,41)28(39)20(3)25(18)36/h18-24,27-30,32,38-39,41H,11-17H2,1-10H3/t18-,19-,20+,21+,22-,24+,27-,28-,29-,30?,32?,33+,34+/m1/s1. The smallest absolute Gasteiger partial charge is 0.316 e. The summed E-state index contributed by atoms with van der Waals surface area (Å²) in [5, 5.41) is 34.6. The number of likely N-dealkylation sites (N-methyl/N-ethyl adjacent to an activating group) is 1. The summed E-state index contributed by atoms with van der Waals surface area (Å²) in [6, 6.07) is -0.265. The van der Waals surface area contributed by atoms with E-state index < -0.39 is 77.3 Å². The lowest BCUT2D eigenvalue weighted by Gasteiger charge is -2.47. The van der Waals surface area contributed by atoms with E-state index in [1.54, 1.807) is 27.7 Å². The Balaban J connectivity index is 2.08. The molecule has 3 fully saturated rings. The molecule has 0 amide bonds. The minimum atomic E-state index is -1.94. The molecule has 260 valence electrons. The van der Waals surface area contributed by atoms with E-state index in [1.807, 2.05) is 25.9 Å². The Hall–Kier alpha value is -1.47. The van der Waals surface area contributed by atoms with Crippen molar-refractivity contribution in [1.29, 1.82) is 0 Å². The largest absolute Gasteiger partial charge is 0.458 e. The Bertz CT molecular complexity index is 1030. The van der Waals surface area contributed by atoms with Crippen LogP contribution in [0.2, 0.25) is 0 Å². The van der Waals surface area contributed by atoms with E-state index >= 15 is 0 Å². The van der Waals surface area contributed by atoms with Crippen molar-refractivity contribution in [3.05, 3.63) is 0 Å². The molecule has 0 aromatic carbocycles. The van der Waals surface area contributed by atoms with Gasteiger partial charge in [0.2, 0.25) is 0 Å². The number of rotatable bonds is 5. The summed E-state index contributed by atoms with van der Waals surface area (Å²) in [6.45, 7) is 11.5. The van der Waals surface area contributed by atoms with Crippen LogP contribution in [0.25, 0.3) is 0 Å². The van der Waals surface area contributed by atoms with Crippen molar-refractivity contribution >= 4 is 17.5 Å². The number of esters is 1. The predicted octanol–water partition coefficient (Wildman–Crippen LogP) is 2.89. The highest BCUT2D eigenvalue weighted by molar-refractivity contribution is 6.00. The molecule has 11 nitrogen and oxygen atoms in total. The highest BCUT2D eigenvalue weighted by Crippen LogP contribution is 2.40. The lowest BCUT2D eigenvalue weighted by Crippen LogP contribution is -2.60. The van der Waals surface area contributed by atoms with Crippen LogP contribution in [0.15, 0.2) is 0 Å². The lowest BCUT2D eigenvalue weighted by atomic mass is 9.71. The van der Waals surface area contributed by atoms with Crippen molar-refractivity contribution in [3.63, 3.8) is 0 Å². The number of hydrogen-bond acceptors (Lipinski definition) is 11. The maximum Gasteiger partial charge on any atom is 0.316 e. The number of hydrogen-bond donors (Lipinski definition) is 3. The molecule has 1 saturated carbocycles. The van der Waals surface area contributed by atoms with Gasteiger partial charge in [0.25, 0.3) is 0 Å². The van der Waals surface area contributed by atoms with E-state index in [0.29, 0.717) is 19.3 Å². The average molecular weight is 642 g/mol. The topological polar surface area (TPSA) is 152 Å². The Morgan fingerprint density at radius 2 is 1.51 bits per heavy atom. The maximum absolute atomic E-state index is 14.1. The first-order valence-electron chi connectivity index (χ1n) is 16.8. The van der Waals surface area contributed by atoms with Crippen LogP contribution >= 0.6 is 0 Å². The molecule has 3 aliphatic rings. The SMILES string of the molecule is CO[C@@]1(C)C[C@@H](C)C(=O)[C@H](C)[C@@H](O)[C@](C)(O)C(C2CCCCC2)OC(=O)[C@H](C)C(=O)[C@H](C)[C@H]1OC1O[C@H](C)C[C@H](N(C)C)[C@H]1O. The Morgan fingerprint density at radius 1 is 0.911 bits per heavy atom. The number of carbonyl (C=O) groups is 3. The first-order chi connectivity index (χ1) is 20.9. The summed E-state index contributed by atoms with van der Waals surface area (Å²) in [5.41, 5.74) is -3.19. The van der Waals surface area contributed by atoms with Gasteiger partial charge in [0.1, 0.15) is 29.5 Å². The number of carbonyl (C=O) groups excluding carboxylic acids is 3. The van der Waals surface area contributed by atoms with Gasteiger partial charge in [-0.2, -0.15) is 0 Å². The fourth-order valence-electron chi connectivity index (χ4n) is 7.91. The van der Waals surface area contributed by atoms with Gasteiger partial charge in [0.15, 0.2) is 12.1 Å². The molecule has 2 heterocycles. The maximum atomic E-state index is 14.1. The van der Waals surface area contributed by atoms with Crippen molar-refractivity contribution in [2.24, 2.45) is 29.6 Å². The fraction of sp³-hybridized carbons (Fsp3) is 0.912. The van der Waals surface area contributed by atoms with Gasteiger partial charge in [-0.15, -0.1) is 0 Å². The Morgan fingerprint density at radius 3 is 2.07 bits per heavy atom. The molecule has 3 rings (SSSR count). The number of aliphatic hydroxyl groups is 3. The summed E-state index contributed by atoms with van der Waals surface area (Å²) in [5.74, 6) is -5.66. The quantitative estimate of drug-likeness (QED) is 0.300. The Labute approximate surface area is 269 Å². The van der Waals surface area contributed by atoms with Crippen LogP contribution in [0.4, 0.5) is 0 Å². The molecule has 2 unspecified atom stereocenters. The molecule has 0 spiro atoms. The normalized spacial score (nSPS) is 45.3. The van der Waals surface area contributed by atoms with Crippen LogP contribution in [0, 0.1) is 29.6 Å². The summed E-state index contributed by atoms with van der Waals surface area (Å²) < 4.78 is 24.6. The van der Waals surface area contributed by atoms with Crippen LogP contribution in [0.1, 0.15) is 93.4 Å². The minimum absolute atomic E-state index is 0.101. The summed E-state index contributed by atoms with van der Waals surface area (Å²) in [7, 11) is 5.20. The predicted molar refractivity (Wildman–Crippen MR) is 167 cm³/mol. The Kier molecular flexibility index (Phi) is 12.8. The number of methoxy groups -OCH3 is 1. The third-order valence-corrected chi connectivity index (χ3v) is 10.9. The average Bonchev–Trinajstić information content (AvgIpc) is 3.00. The zero-order valence-electron chi connectivity index (χ0n) is 29.0. The second-order valence-electron chi connectivity index (χ2n) is 14.8. The third kappa shape index (κ3) is 8.16. The first-order valence-corrected chi connectivity index (χ1v) is 16.8. The molecule has 0 aromatic heterocycles. The van der Waals surface area contributed by atoms with Crippen LogP contribution in [-0.4, -0.2) is 113 Å². The van der Waals surface area contributed by atoms with Crippen LogP contribution in [0.3, 0.4) is 0 Å². The van der Waals surface area contributed by atoms with Crippen molar-refractivity contribution < 1.29 is 48.7 Å². The second kappa shape index (κ2) is 15.2. The van der Waals surface area contributed by atoms with Gasteiger partial charge in [-0.25, -0.2) is 0 Å². The van der Waals surface area contributed by atoms with E-state index in [-0.39, 0.29) is 30.3 Å². The molecule has 3 N–H and O–H groups in total. The van der Waals surface area contributed by atoms with Gasteiger partial charge in [-0.05, 0) is 73.4 Å². The summed E-state index contributed by atoms with van der Waals surface area (Å²) >= 11 is 0. The van der Waals surface area contributed by atoms with Crippen molar-refractivity contribution in [1.82, 2.24) is 4.90 Å². The van der Waals surface area contributed by atoms with Gasteiger partial charge in [0.05, 0.1) is 23.9 Å². The first kappa shape index (κ1) is 38.0. The number of aliphatic hydroxyl groups excluding tert-OH is 2. The number of cyclic esters (lactones) is 1. The third-order valence-electron chi connectivity index (χ3n) is 10.9. The van der Waals surface area contributed by atoms with Gasteiger partial charge < -0.3 is 39.2 Å². The van der Waals surface area contributed by atoms with Gasteiger partial charge >= 0.3 is 5.97 Å². The molecule has 45 heavy (non-hydrogen) atoms.